The zero-order valence-corrected chi connectivity index (χ0v) is 16.3. The third-order valence-corrected chi connectivity index (χ3v) is 6.03. The fraction of sp³-hybridized carbons (Fsp3) is 0.250. The minimum absolute atomic E-state index is 0.412. The fourth-order valence-electron chi connectivity index (χ4n) is 4.59. The van der Waals surface area contributed by atoms with Crippen molar-refractivity contribution in [3.8, 4) is 0 Å². The fourth-order valence-corrected chi connectivity index (χ4v) is 4.59. The van der Waals surface area contributed by atoms with Crippen LogP contribution in [0.1, 0.15) is 55.4 Å². The summed E-state index contributed by atoms with van der Waals surface area (Å²) in [5.74, 6) is 6.19. The van der Waals surface area contributed by atoms with Crippen molar-refractivity contribution < 1.29 is 0 Å². The van der Waals surface area contributed by atoms with Crippen LogP contribution in [0, 0.1) is 0 Å². The first kappa shape index (κ1) is 17.6. The summed E-state index contributed by atoms with van der Waals surface area (Å²) >= 11 is 0. The molecular formula is C24H27N3. The zero-order chi connectivity index (χ0) is 19.5. The van der Waals surface area contributed by atoms with Crippen LogP contribution in [-0.2, 0) is 0 Å². The SMILES string of the molecule is C=C1c2ccc3c4c(ccc(c24)C(=C)N1N)C(=C)N(C(CC)CCC)C3=C. The third kappa shape index (κ3) is 2.25. The minimum atomic E-state index is 0.412. The maximum Gasteiger partial charge on any atom is 0.0582 e. The summed E-state index contributed by atoms with van der Waals surface area (Å²) in [5, 5.41) is 3.93. The number of hydrogen-bond donors (Lipinski definition) is 1. The van der Waals surface area contributed by atoms with Crippen molar-refractivity contribution in [2.75, 3.05) is 0 Å². The smallest absolute Gasteiger partial charge is 0.0582 e. The van der Waals surface area contributed by atoms with Crippen LogP contribution in [0.3, 0.4) is 0 Å². The topological polar surface area (TPSA) is 32.5 Å². The molecule has 0 radical (unpaired) electrons. The van der Waals surface area contributed by atoms with E-state index < -0.39 is 0 Å². The molecule has 0 bridgehead atoms. The van der Waals surface area contributed by atoms with Gasteiger partial charge in [0.1, 0.15) is 0 Å². The van der Waals surface area contributed by atoms with Crippen molar-refractivity contribution in [1.29, 1.82) is 0 Å². The van der Waals surface area contributed by atoms with Gasteiger partial charge in [-0.2, -0.15) is 0 Å². The molecular weight excluding hydrogens is 330 g/mol. The van der Waals surface area contributed by atoms with Gasteiger partial charge in [0, 0.05) is 50.5 Å². The molecule has 0 aromatic heterocycles. The van der Waals surface area contributed by atoms with Gasteiger partial charge in [0.05, 0.1) is 11.4 Å². The highest BCUT2D eigenvalue weighted by Crippen LogP contribution is 2.48. The third-order valence-electron chi connectivity index (χ3n) is 6.03. The van der Waals surface area contributed by atoms with E-state index >= 15 is 0 Å². The van der Waals surface area contributed by atoms with E-state index in [2.05, 4.69) is 69.3 Å². The van der Waals surface area contributed by atoms with Gasteiger partial charge in [-0.1, -0.05) is 70.8 Å². The molecule has 0 aliphatic carbocycles. The molecule has 1 atom stereocenters. The molecule has 3 nitrogen and oxygen atoms in total. The monoisotopic (exact) mass is 357 g/mol. The number of rotatable bonds is 4. The lowest BCUT2D eigenvalue weighted by molar-refractivity contribution is 0.362. The van der Waals surface area contributed by atoms with Gasteiger partial charge in [-0.15, -0.1) is 0 Å². The van der Waals surface area contributed by atoms with Crippen LogP contribution in [0.4, 0.5) is 0 Å². The molecule has 2 aliphatic rings. The molecule has 138 valence electrons. The predicted octanol–water partition coefficient (Wildman–Crippen LogP) is 5.81. The molecule has 0 fully saturated rings. The maximum absolute atomic E-state index is 6.19. The van der Waals surface area contributed by atoms with Crippen LogP contribution in [-0.4, -0.2) is 16.0 Å². The van der Waals surface area contributed by atoms with Crippen molar-refractivity contribution in [3.63, 3.8) is 0 Å². The highest BCUT2D eigenvalue weighted by atomic mass is 15.4. The van der Waals surface area contributed by atoms with Gasteiger partial charge in [0.15, 0.2) is 0 Å². The standard InChI is InChI=1S/C24H27N3/c1-7-9-18(8-2)26-14(3)19-10-12-21-16(5)27(25)17(6)22-13-11-20(15(26)4)23(19)24(21)22/h10-13,18H,3-9,25H2,1-2H3. The quantitative estimate of drug-likeness (QED) is 0.701. The second-order valence-corrected chi connectivity index (χ2v) is 7.45. The Morgan fingerprint density at radius 2 is 1.19 bits per heavy atom. The molecule has 2 heterocycles. The molecule has 2 N–H and O–H groups in total. The van der Waals surface area contributed by atoms with Crippen molar-refractivity contribution in [2.24, 2.45) is 5.84 Å². The number of nitrogens with zero attached hydrogens (tertiary/aromatic N) is 2. The number of hydrogen-bond acceptors (Lipinski definition) is 3. The molecule has 0 amide bonds. The molecule has 3 heteroatoms. The van der Waals surface area contributed by atoms with Crippen LogP contribution in [0.2, 0.25) is 0 Å². The predicted molar refractivity (Wildman–Crippen MR) is 117 cm³/mol. The first-order valence-electron chi connectivity index (χ1n) is 9.63. The summed E-state index contributed by atoms with van der Waals surface area (Å²) < 4.78 is 0. The number of hydrazine groups is 1. The molecule has 2 aromatic rings. The highest BCUT2D eigenvalue weighted by molar-refractivity contribution is 6.14. The molecule has 0 spiro atoms. The Hall–Kier alpha value is -2.78. The summed E-state index contributed by atoms with van der Waals surface area (Å²) in [6.07, 6.45) is 3.33. The molecule has 27 heavy (non-hydrogen) atoms. The summed E-state index contributed by atoms with van der Waals surface area (Å²) in [4.78, 5) is 2.34. The van der Waals surface area contributed by atoms with E-state index in [1.807, 2.05) is 0 Å². The first-order chi connectivity index (χ1) is 12.9. The van der Waals surface area contributed by atoms with E-state index in [4.69, 9.17) is 5.84 Å². The van der Waals surface area contributed by atoms with Gasteiger partial charge < -0.3 is 4.90 Å². The van der Waals surface area contributed by atoms with Gasteiger partial charge in [0.25, 0.3) is 0 Å². The van der Waals surface area contributed by atoms with Crippen LogP contribution >= 0.6 is 0 Å². The number of benzene rings is 2. The van der Waals surface area contributed by atoms with Gasteiger partial charge in [-0.05, 0) is 12.8 Å². The van der Waals surface area contributed by atoms with Crippen molar-refractivity contribution in [2.45, 2.75) is 39.2 Å². The van der Waals surface area contributed by atoms with Gasteiger partial charge in [-0.25, -0.2) is 5.84 Å². The average molecular weight is 358 g/mol. The van der Waals surface area contributed by atoms with Crippen molar-refractivity contribution in [1.82, 2.24) is 9.91 Å². The molecule has 1 unspecified atom stereocenters. The Labute approximate surface area is 161 Å². The van der Waals surface area contributed by atoms with Crippen LogP contribution in [0.15, 0.2) is 50.6 Å². The van der Waals surface area contributed by atoms with Gasteiger partial charge >= 0.3 is 0 Å². The Morgan fingerprint density at radius 1 is 0.778 bits per heavy atom. The van der Waals surface area contributed by atoms with Gasteiger partial charge in [-0.3, -0.25) is 5.01 Å². The van der Waals surface area contributed by atoms with Crippen molar-refractivity contribution >= 4 is 33.6 Å². The Kier molecular flexibility index (Phi) is 4.01. The Bertz CT molecular complexity index is 957. The Morgan fingerprint density at radius 3 is 1.56 bits per heavy atom. The lowest BCUT2D eigenvalue weighted by Crippen LogP contribution is -2.34. The average Bonchev–Trinajstić information content (AvgIpc) is 2.68. The Balaban J connectivity index is 2.01. The lowest BCUT2D eigenvalue weighted by atomic mass is 9.83. The normalized spacial score (nSPS) is 17.1. The molecule has 2 aromatic carbocycles. The van der Waals surface area contributed by atoms with Crippen LogP contribution < -0.4 is 5.84 Å². The van der Waals surface area contributed by atoms with E-state index in [1.165, 1.54) is 16.5 Å². The van der Waals surface area contributed by atoms with Gasteiger partial charge in [0.2, 0.25) is 0 Å². The highest BCUT2D eigenvalue weighted by Gasteiger charge is 2.33. The number of nitrogens with two attached hydrogens (primary N) is 1. The molecule has 2 aliphatic heterocycles. The molecule has 0 saturated carbocycles. The van der Waals surface area contributed by atoms with E-state index in [1.54, 1.807) is 5.01 Å². The molecule has 4 rings (SSSR count). The van der Waals surface area contributed by atoms with Crippen LogP contribution in [0.5, 0.6) is 0 Å². The molecule has 0 saturated heterocycles. The van der Waals surface area contributed by atoms with E-state index in [0.29, 0.717) is 6.04 Å². The second-order valence-electron chi connectivity index (χ2n) is 7.45. The maximum atomic E-state index is 6.19. The first-order valence-corrected chi connectivity index (χ1v) is 9.63. The minimum Gasteiger partial charge on any atom is -0.338 e. The van der Waals surface area contributed by atoms with E-state index in [9.17, 15) is 0 Å². The van der Waals surface area contributed by atoms with Crippen LogP contribution in [0.25, 0.3) is 33.6 Å². The lowest BCUT2D eigenvalue weighted by Gasteiger charge is -2.41. The van der Waals surface area contributed by atoms with E-state index in [-0.39, 0.29) is 0 Å². The van der Waals surface area contributed by atoms with Crippen molar-refractivity contribution in [3.05, 3.63) is 72.8 Å². The summed E-state index contributed by atoms with van der Waals surface area (Å²) in [7, 11) is 0. The van der Waals surface area contributed by atoms with E-state index in [0.717, 1.165) is 58.6 Å². The summed E-state index contributed by atoms with van der Waals surface area (Å²) in [6, 6.07) is 8.93. The zero-order valence-electron chi connectivity index (χ0n) is 16.3. The summed E-state index contributed by atoms with van der Waals surface area (Å²) in [6.45, 7) is 21.7. The summed E-state index contributed by atoms with van der Waals surface area (Å²) in [5.41, 5.74) is 8.04. The second kappa shape index (κ2) is 6.14. The largest absolute Gasteiger partial charge is 0.338 e.